The molecule has 0 amide bonds. The summed E-state index contributed by atoms with van der Waals surface area (Å²) in [6.45, 7) is 0.535. The third kappa shape index (κ3) is 2.52. The van der Waals surface area contributed by atoms with Crippen LogP contribution in [0.15, 0.2) is 59.8 Å². The number of ether oxygens (including phenoxy) is 1. The number of aromatic nitrogens is 1. The molecule has 23 heavy (non-hydrogen) atoms. The molecule has 0 unspecified atom stereocenters. The molecule has 0 N–H and O–H groups in total. The maximum Gasteiger partial charge on any atom is 0.243 e. The fraction of sp³-hybridized carbons (Fsp3) is 0.353. The van der Waals surface area contributed by atoms with Gasteiger partial charge in [0, 0.05) is 18.7 Å². The molecule has 3 atom stereocenters. The van der Waals surface area contributed by atoms with Crippen LogP contribution in [0.25, 0.3) is 0 Å². The molecule has 1 saturated heterocycles. The maximum atomic E-state index is 12.9. The zero-order valence-corrected chi connectivity index (χ0v) is 13.4. The second-order valence-corrected chi connectivity index (χ2v) is 7.95. The fourth-order valence-electron chi connectivity index (χ4n) is 3.65. The van der Waals surface area contributed by atoms with Crippen LogP contribution in [0.2, 0.25) is 0 Å². The van der Waals surface area contributed by atoms with E-state index in [4.69, 9.17) is 4.74 Å². The first-order valence-corrected chi connectivity index (χ1v) is 9.24. The third-order valence-corrected chi connectivity index (χ3v) is 6.62. The Balaban J connectivity index is 1.59. The Labute approximate surface area is 136 Å². The predicted molar refractivity (Wildman–Crippen MR) is 85.5 cm³/mol. The number of rotatable bonds is 4. The second-order valence-electron chi connectivity index (χ2n) is 6.06. The summed E-state index contributed by atoms with van der Waals surface area (Å²) in [5, 5.41) is 0. The first-order chi connectivity index (χ1) is 11.2. The van der Waals surface area contributed by atoms with Crippen molar-refractivity contribution in [2.45, 2.75) is 29.9 Å². The molecule has 2 heterocycles. The lowest BCUT2D eigenvalue weighted by Gasteiger charge is -2.26. The maximum absolute atomic E-state index is 12.9. The van der Waals surface area contributed by atoms with Crippen LogP contribution >= 0.6 is 0 Å². The van der Waals surface area contributed by atoms with Crippen molar-refractivity contribution < 1.29 is 13.2 Å². The van der Waals surface area contributed by atoms with Crippen LogP contribution in [0.1, 0.15) is 12.8 Å². The summed E-state index contributed by atoms with van der Waals surface area (Å²) in [7, 11) is -3.46. The Morgan fingerprint density at radius 1 is 1.09 bits per heavy atom. The van der Waals surface area contributed by atoms with Crippen LogP contribution in [0.5, 0.6) is 5.75 Å². The van der Waals surface area contributed by atoms with Crippen LogP contribution in [-0.2, 0) is 10.0 Å². The monoisotopic (exact) mass is 330 g/mol. The molecular formula is C17H18N2O3S. The van der Waals surface area contributed by atoms with Gasteiger partial charge in [0.1, 0.15) is 11.9 Å². The van der Waals surface area contributed by atoms with E-state index in [1.807, 2.05) is 18.2 Å². The number of fused-ring (bicyclic) bond motifs is 2. The van der Waals surface area contributed by atoms with Crippen LogP contribution < -0.4 is 4.74 Å². The van der Waals surface area contributed by atoms with Gasteiger partial charge in [-0.2, -0.15) is 4.31 Å². The average Bonchev–Trinajstić information content (AvgIpc) is 3.14. The molecule has 4 rings (SSSR count). The highest BCUT2D eigenvalue weighted by Gasteiger charge is 2.52. The zero-order valence-electron chi connectivity index (χ0n) is 12.6. The minimum absolute atomic E-state index is 0.0855. The van der Waals surface area contributed by atoms with Gasteiger partial charge in [-0.15, -0.1) is 0 Å². The van der Waals surface area contributed by atoms with Gasteiger partial charge in [-0.25, -0.2) is 8.42 Å². The summed E-state index contributed by atoms with van der Waals surface area (Å²) in [6, 6.07) is 12.2. The van der Waals surface area contributed by atoms with E-state index < -0.39 is 10.0 Å². The Bertz CT molecular complexity index is 780. The standard InChI is InChI=1S/C17H18N2O3S/c20-23(21,15-6-2-1-3-7-15)19-12-13-8-9-16(19)17(13)22-14-5-4-10-18-11-14/h1-7,10-11,13,16-17H,8-9,12H2/t13-,16+,17-/m1/s1. The highest BCUT2D eigenvalue weighted by molar-refractivity contribution is 7.89. The smallest absolute Gasteiger partial charge is 0.243 e. The van der Waals surface area contributed by atoms with Crippen LogP contribution in [0, 0.1) is 5.92 Å². The van der Waals surface area contributed by atoms with Crippen LogP contribution in [-0.4, -0.2) is 36.4 Å². The highest BCUT2D eigenvalue weighted by atomic mass is 32.2. The van der Waals surface area contributed by atoms with E-state index in [-0.39, 0.29) is 18.1 Å². The van der Waals surface area contributed by atoms with Gasteiger partial charge >= 0.3 is 0 Å². The normalized spacial score (nSPS) is 27.2. The first-order valence-electron chi connectivity index (χ1n) is 7.80. The van der Waals surface area contributed by atoms with Gasteiger partial charge in [-0.3, -0.25) is 4.98 Å². The van der Waals surface area contributed by atoms with E-state index in [9.17, 15) is 8.42 Å². The number of hydrogen-bond acceptors (Lipinski definition) is 4. The molecule has 6 heteroatoms. The molecule has 2 aromatic rings. The predicted octanol–water partition coefficient (Wildman–Crippen LogP) is 2.31. The molecule has 1 aromatic heterocycles. The molecule has 2 bridgehead atoms. The number of benzene rings is 1. The van der Waals surface area contributed by atoms with Gasteiger partial charge in [0.15, 0.2) is 0 Å². The molecule has 2 aliphatic rings. The lowest BCUT2D eigenvalue weighted by atomic mass is 10.1. The topological polar surface area (TPSA) is 59.5 Å². The Kier molecular flexibility index (Phi) is 3.58. The molecule has 1 aliphatic heterocycles. The largest absolute Gasteiger partial charge is 0.487 e. The summed E-state index contributed by atoms with van der Waals surface area (Å²) >= 11 is 0. The van der Waals surface area contributed by atoms with Gasteiger partial charge in [-0.1, -0.05) is 18.2 Å². The van der Waals surface area contributed by atoms with Crippen molar-refractivity contribution in [1.29, 1.82) is 0 Å². The molecule has 1 aliphatic carbocycles. The SMILES string of the molecule is O=S(=O)(c1ccccc1)N1C[C@H]2CC[C@H]1[C@@H]2Oc1cccnc1. The second kappa shape index (κ2) is 5.62. The van der Waals surface area contributed by atoms with Crippen molar-refractivity contribution in [3.05, 3.63) is 54.9 Å². The average molecular weight is 330 g/mol. The summed E-state index contributed by atoms with van der Waals surface area (Å²) in [5.41, 5.74) is 0. The quantitative estimate of drug-likeness (QED) is 0.863. The van der Waals surface area contributed by atoms with Crippen molar-refractivity contribution in [2.24, 2.45) is 5.92 Å². The van der Waals surface area contributed by atoms with Gasteiger partial charge in [-0.05, 0) is 37.1 Å². The lowest BCUT2D eigenvalue weighted by molar-refractivity contribution is 0.167. The van der Waals surface area contributed by atoms with Crippen LogP contribution in [0.3, 0.4) is 0 Å². The molecule has 120 valence electrons. The number of hydrogen-bond donors (Lipinski definition) is 0. The highest BCUT2D eigenvalue weighted by Crippen LogP contribution is 2.42. The van der Waals surface area contributed by atoms with E-state index in [1.54, 1.807) is 41.0 Å². The van der Waals surface area contributed by atoms with Crippen molar-refractivity contribution in [1.82, 2.24) is 9.29 Å². The molecule has 1 aromatic carbocycles. The van der Waals surface area contributed by atoms with E-state index in [0.29, 0.717) is 17.2 Å². The van der Waals surface area contributed by atoms with Crippen molar-refractivity contribution in [3.63, 3.8) is 0 Å². The van der Waals surface area contributed by atoms with Crippen molar-refractivity contribution >= 4 is 10.0 Å². The number of pyridine rings is 1. The molecule has 2 fully saturated rings. The Morgan fingerprint density at radius 3 is 2.65 bits per heavy atom. The molecule has 5 nitrogen and oxygen atoms in total. The van der Waals surface area contributed by atoms with Gasteiger partial charge in [0.25, 0.3) is 0 Å². The molecule has 1 saturated carbocycles. The summed E-state index contributed by atoms with van der Waals surface area (Å²) in [6.07, 6.45) is 5.14. The number of piperidine rings is 1. The lowest BCUT2D eigenvalue weighted by Crippen LogP contribution is -2.40. The number of sulfonamides is 1. The molecule has 0 spiro atoms. The summed E-state index contributed by atoms with van der Waals surface area (Å²) < 4.78 is 33.4. The van der Waals surface area contributed by atoms with Crippen LogP contribution in [0.4, 0.5) is 0 Å². The first kappa shape index (κ1) is 14.7. The van der Waals surface area contributed by atoms with Crippen molar-refractivity contribution in [2.75, 3.05) is 6.54 Å². The Morgan fingerprint density at radius 2 is 1.91 bits per heavy atom. The van der Waals surface area contributed by atoms with E-state index in [2.05, 4.69) is 4.98 Å². The van der Waals surface area contributed by atoms with Gasteiger partial charge < -0.3 is 4.74 Å². The van der Waals surface area contributed by atoms with E-state index >= 15 is 0 Å². The summed E-state index contributed by atoms with van der Waals surface area (Å²) in [5.74, 6) is 0.951. The Hall–Kier alpha value is -1.92. The third-order valence-electron chi connectivity index (χ3n) is 4.72. The minimum atomic E-state index is -3.46. The zero-order chi connectivity index (χ0) is 15.9. The van der Waals surface area contributed by atoms with Crippen molar-refractivity contribution in [3.8, 4) is 5.75 Å². The minimum Gasteiger partial charge on any atom is -0.487 e. The summed E-state index contributed by atoms with van der Waals surface area (Å²) in [4.78, 5) is 4.41. The fourth-order valence-corrected chi connectivity index (χ4v) is 5.39. The number of nitrogens with zero attached hydrogens (tertiary/aromatic N) is 2. The molecule has 0 radical (unpaired) electrons. The van der Waals surface area contributed by atoms with E-state index in [0.717, 1.165) is 12.8 Å². The van der Waals surface area contributed by atoms with Gasteiger partial charge in [0.2, 0.25) is 10.0 Å². The van der Waals surface area contributed by atoms with Gasteiger partial charge in [0.05, 0.1) is 17.1 Å². The van der Waals surface area contributed by atoms with E-state index in [1.165, 1.54) is 0 Å². The molecular weight excluding hydrogens is 312 g/mol.